The number of thioether (sulfide) groups is 1. The molecule has 17 heteroatoms. The lowest BCUT2D eigenvalue weighted by molar-refractivity contribution is -0.384. The Morgan fingerprint density at radius 1 is 0.855 bits per heavy atom. The van der Waals surface area contributed by atoms with Crippen LogP contribution in [0.25, 0.3) is 5.57 Å². The van der Waals surface area contributed by atoms with Crippen LogP contribution in [-0.2, 0) is 10.0 Å². The molecule has 1 unspecified atom stereocenters. The zero-order chi connectivity index (χ0) is 47.5. The number of amides is 1. The van der Waals surface area contributed by atoms with Gasteiger partial charge in [-0.1, -0.05) is 67.3 Å². The van der Waals surface area contributed by atoms with Crippen molar-refractivity contribution in [1.82, 2.24) is 24.7 Å². The molecule has 3 heterocycles. The number of piperazine rings is 2. The van der Waals surface area contributed by atoms with Gasteiger partial charge in [0, 0.05) is 111 Å². The number of carbonyl (C=O) groups excluding carboxylic acids is 1. The summed E-state index contributed by atoms with van der Waals surface area (Å²) in [6.07, 6.45) is 8.87. The summed E-state index contributed by atoms with van der Waals surface area (Å²) in [4.78, 5) is 36.0. The van der Waals surface area contributed by atoms with Crippen molar-refractivity contribution in [1.29, 1.82) is 0 Å². The fourth-order valence-electron chi connectivity index (χ4n) is 10.3. The van der Waals surface area contributed by atoms with E-state index in [0.29, 0.717) is 5.75 Å². The molecular formula is C52H68Cl2N8O5S2. The number of carbonyl (C=O) groups is 1. The first-order valence-electron chi connectivity index (χ1n) is 24.4. The Balaban J connectivity index is 0.00000703. The molecule has 372 valence electrons. The van der Waals surface area contributed by atoms with Crippen molar-refractivity contribution in [2.45, 2.75) is 74.1 Å². The highest BCUT2D eigenvalue weighted by molar-refractivity contribution is 7.99. The lowest BCUT2D eigenvalue weighted by Crippen LogP contribution is -2.49. The van der Waals surface area contributed by atoms with E-state index in [1.165, 1.54) is 54.5 Å². The summed E-state index contributed by atoms with van der Waals surface area (Å²) in [6, 6.07) is 29.0. The first-order chi connectivity index (χ1) is 32.9. The number of benzene rings is 4. The minimum Gasteiger partial charge on any atom is -0.376 e. The van der Waals surface area contributed by atoms with E-state index >= 15 is 0 Å². The fourth-order valence-corrected chi connectivity index (χ4v) is 12.4. The predicted octanol–water partition coefficient (Wildman–Crippen LogP) is 9.30. The lowest BCUT2D eigenvalue weighted by atomic mass is 9.71. The maximum Gasteiger partial charge on any atom is 0.293 e. The van der Waals surface area contributed by atoms with Crippen LogP contribution in [0.1, 0.15) is 74.2 Å². The Labute approximate surface area is 424 Å². The molecule has 0 aromatic heterocycles. The first kappa shape index (κ1) is 52.6. The van der Waals surface area contributed by atoms with Crippen LogP contribution in [0.15, 0.2) is 112 Å². The summed E-state index contributed by atoms with van der Waals surface area (Å²) in [7, 11) is -4.44. The summed E-state index contributed by atoms with van der Waals surface area (Å²) in [5, 5.41) is 20.1. The molecule has 2 atom stereocenters. The maximum absolute atomic E-state index is 13.6. The number of nitro benzene ring substituents is 1. The van der Waals surface area contributed by atoms with E-state index in [0.717, 1.165) is 132 Å². The third kappa shape index (κ3) is 14.7. The molecule has 4 aliphatic rings. The van der Waals surface area contributed by atoms with Gasteiger partial charge in [-0.15, -0.1) is 24.2 Å². The van der Waals surface area contributed by atoms with E-state index in [1.807, 2.05) is 54.6 Å². The number of allylic oxidation sites excluding steroid dienone is 1. The van der Waals surface area contributed by atoms with E-state index in [1.54, 1.807) is 23.9 Å². The van der Waals surface area contributed by atoms with Gasteiger partial charge in [-0.3, -0.25) is 19.8 Å². The number of likely N-dealkylation sites (tertiary alicyclic amines) is 1. The standard InChI is InChI=1S/C52H67ClN8O5S2.ClH/c1-52(39-59-29-24-54-25-30-59)23-21-48(40-11-15-43(53)16-12-40)42(36-52)37-58-31-33-60(34-32-58)45-17-13-41(14-18-45)51(62)56-68(65,66)47-19-20-49(50(35-47)61(63)64)55-44(38-67-46-9-5-4-6-10-46)22-28-57-26-7-2-3-8-27-57;/h4-6,9-20,35,44,54-55H,2-3,7-8,21-34,36-39H2,1H3,(H,56,62);1H/t44?,52-;/m1./s1. The molecular weight excluding hydrogens is 952 g/mol. The molecule has 0 bridgehead atoms. The van der Waals surface area contributed by atoms with Crippen LogP contribution in [0.3, 0.4) is 0 Å². The molecule has 4 aromatic carbocycles. The molecule has 0 radical (unpaired) electrons. The smallest absolute Gasteiger partial charge is 0.293 e. The summed E-state index contributed by atoms with van der Waals surface area (Å²) in [5.41, 5.74) is 5.47. The number of rotatable bonds is 18. The van der Waals surface area contributed by atoms with Gasteiger partial charge in [0.25, 0.3) is 21.6 Å². The van der Waals surface area contributed by atoms with E-state index in [9.17, 15) is 23.3 Å². The predicted molar refractivity (Wildman–Crippen MR) is 284 cm³/mol. The Kier molecular flexibility index (Phi) is 18.9. The zero-order valence-electron chi connectivity index (χ0n) is 39.8. The second-order valence-corrected chi connectivity index (χ2v) is 22.5. The summed E-state index contributed by atoms with van der Waals surface area (Å²) < 4.78 is 29.4. The Hall–Kier alpha value is -4.19. The van der Waals surface area contributed by atoms with Gasteiger partial charge in [0.2, 0.25) is 0 Å². The normalized spacial score (nSPS) is 20.4. The van der Waals surface area contributed by atoms with Gasteiger partial charge in [-0.05, 0) is 129 Å². The number of nitrogens with one attached hydrogen (secondary N) is 3. The van der Waals surface area contributed by atoms with Crippen LogP contribution < -0.4 is 20.3 Å². The van der Waals surface area contributed by atoms with Gasteiger partial charge in [0.15, 0.2) is 0 Å². The number of sulfonamides is 1. The Morgan fingerprint density at radius 3 is 2.23 bits per heavy atom. The number of hydrogen-bond donors (Lipinski definition) is 3. The van der Waals surface area contributed by atoms with Crippen molar-refractivity contribution in [2.75, 3.05) is 101 Å². The largest absolute Gasteiger partial charge is 0.376 e. The van der Waals surface area contributed by atoms with Gasteiger partial charge in [0.05, 0.1) is 9.82 Å². The molecule has 0 saturated carbocycles. The third-order valence-electron chi connectivity index (χ3n) is 14.1. The highest BCUT2D eigenvalue weighted by Gasteiger charge is 2.35. The number of anilines is 2. The molecule has 69 heavy (non-hydrogen) atoms. The van der Waals surface area contributed by atoms with Crippen LogP contribution >= 0.6 is 35.8 Å². The molecule has 3 aliphatic heterocycles. The number of hydrogen-bond acceptors (Lipinski definition) is 12. The van der Waals surface area contributed by atoms with Crippen LogP contribution in [0.5, 0.6) is 0 Å². The Bertz CT molecular complexity index is 2460. The van der Waals surface area contributed by atoms with Gasteiger partial charge in [0.1, 0.15) is 5.69 Å². The highest BCUT2D eigenvalue weighted by atomic mass is 35.5. The van der Waals surface area contributed by atoms with Gasteiger partial charge >= 0.3 is 0 Å². The molecule has 4 aromatic rings. The Morgan fingerprint density at radius 2 is 1.55 bits per heavy atom. The van der Waals surface area contributed by atoms with E-state index in [2.05, 4.69) is 54.0 Å². The molecule has 8 rings (SSSR count). The molecule has 0 spiro atoms. The average molecular weight is 1020 g/mol. The lowest BCUT2D eigenvalue weighted by Gasteiger charge is -2.43. The third-order valence-corrected chi connectivity index (χ3v) is 16.8. The van der Waals surface area contributed by atoms with Crippen LogP contribution in [0.4, 0.5) is 17.1 Å². The van der Waals surface area contributed by atoms with Crippen molar-refractivity contribution in [3.8, 4) is 0 Å². The zero-order valence-corrected chi connectivity index (χ0v) is 43.0. The van der Waals surface area contributed by atoms with Crippen molar-refractivity contribution in [2.24, 2.45) is 5.41 Å². The number of nitro groups is 1. The van der Waals surface area contributed by atoms with Crippen molar-refractivity contribution < 1.29 is 18.1 Å². The molecule has 13 nitrogen and oxygen atoms in total. The second kappa shape index (κ2) is 24.8. The quantitative estimate of drug-likeness (QED) is 0.0497. The molecule has 3 saturated heterocycles. The maximum atomic E-state index is 13.6. The van der Waals surface area contributed by atoms with Gasteiger partial charge in [-0.2, -0.15) is 0 Å². The number of nitrogens with zero attached hydrogens (tertiary/aromatic N) is 5. The fraction of sp³-hybridized carbons (Fsp3) is 0.481. The minimum atomic E-state index is -4.44. The van der Waals surface area contributed by atoms with Crippen LogP contribution in [0, 0.1) is 15.5 Å². The average Bonchev–Trinajstić information content (AvgIpc) is 3.63. The summed E-state index contributed by atoms with van der Waals surface area (Å²) >= 11 is 7.98. The molecule has 1 aliphatic carbocycles. The van der Waals surface area contributed by atoms with Crippen molar-refractivity contribution in [3.05, 3.63) is 129 Å². The van der Waals surface area contributed by atoms with Crippen molar-refractivity contribution >= 4 is 74.3 Å². The molecule has 3 fully saturated rings. The minimum absolute atomic E-state index is 0. The van der Waals surface area contributed by atoms with E-state index in [4.69, 9.17) is 11.6 Å². The summed E-state index contributed by atoms with van der Waals surface area (Å²) in [6.45, 7) is 15.2. The molecule has 3 N–H and O–H groups in total. The van der Waals surface area contributed by atoms with Gasteiger partial charge in [-0.25, -0.2) is 13.1 Å². The second-order valence-electron chi connectivity index (χ2n) is 19.3. The number of halogens is 2. The first-order valence-corrected chi connectivity index (χ1v) is 27.2. The molecule has 1 amide bonds. The van der Waals surface area contributed by atoms with Crippen LogP contribution in [0.2, 0.25) is 5.02 Å². The monoisotopic (exact) mass is 1020 g/mol. The van der Waals surface area contributed by atoms with Crippen LogP contribution in [-0.4, -0.2) is 131 Å². The van der Waals surface area contributed by atoms with Crippen molar-refractivity contribution in [3.63, 3.8) is 0 Å². The van der Waals surface area contributed by atoms with E-state index < -0.39 is 20.9 Å². The SMILES string of the molecule is C[C@@]1(CN2CCNCC2)CCC(c2ccc(Cl)cc2)=C(CN2CCN(c3ccc(C(=O)NS(=O)(=O)c4ccc(NC(CCN5CCCCCC5)CSc5ccccc5)c([N+](=O)[O-])c4)cc3)CC2)C1.Cl. The highest BCUT2D eigenvalue weighted by Crippen LogP contribution is 2.44. The van der Waals surface area contributed by atoms with E-state index in [-0.39, 0.29) is 45.7 Å². The topological polar surface area (TPSA) is 143 Å². The summed E-state index contributed by atoms with van der Waals surface area (Å²) in [5.74, 6) is -0.137. The van der Waals surface area contributed by atoms with Gasteiger partial charge < -0.3 is 25.3 Å².